The molecule has 0 aliphatic carbocycles. The first kappa shape index (κ1) is 15.1. The molecule has 21 heavy (non-hydrogen) atoms. The number of nitrogens with two attached hydrogens (primary N) is 1. The Morgan fingerprint density at radius 1 is 1.48 bits per heavy atom. The van der Waals surface area contributed by atoms with E-state index >= 15 is 0 Å². The van der Waals surface area contributed by atoms with Gasteiger partial charge in [0.25, 0.3) is 0 Å². The third-order valence-electron chi connectivity index (χ3n) is 2.99. The van der Waals surface area contributed by atoms with Gasteiger partial charge in [0.1, 0.15) is 5.52 Å². The summed E-state index contributed by atoms with van der Waals surface area (Å²) in [4.78, 5) is 5.90. The van der Waals surface area contributed by atoms with Crippen molar-refractivity contribution in [3.05, 3.63) is 24.2 Å². The second-order valence-electron chi connectivity index (χ2n) is 4.46. The van der Waals surface area contributed by atoms with E-state index in [4.69, 9.17) is 11.1 Å². The highest BCUT2D eigenvalue weighted by Gasteiger charge is 2.34. The molecular weight excluding hydrogens is 285 g/mol. The third-order valence-corrected chi connectivity index (χ3v) is 2.99. The highest BCUT2D eigenvalue weighted by molar-refractivity contribution is 5.78. The van der Waals surface area contributed by atoms with Crippen molar-refractivity contribution in [2.24, 2.45) is 5.73 Å². The summed E-state index contributed by atoms with van der Waals surface area (Å²) < 4.78 is 39.4. The smallest absolute Gasteiger partial charge is 0.388 e. The summed E-state index contributed by atoms with van der Waals surface area (Å²) in [6, 6.07) is 0.971. The lowest BCUT2D eigenvalue weighted by Crippen LogP contribution is -2.28. The first-order valence-electron chi connectivity index (χ1n) is 6.32. The van der Waals surface area contributed by atoms with Gasteiger partial charge in [-0.2, -0.15) is 18.3 Å². The van der Waals surface area contributed by atoms with Crippen LogP contribution in [0, 0.1) is 5.41 Å². The Morgan fingerprint density at radius 3 is 2.76 bits per heavy atom. The van der Waals surface area contributed by atoms with Gasteiger partial charge in [-0.15, -0.1) is 0 Å². The first-order chi connectivity index (χ1) is 9.82. The number of halogens is 3. The van der Waals surface area contributed by atoms with Crippen molar-refractivity contribution in [2.75, 3.05) is 18.0 Å². The third kappa shape index (κ3) is 3.23. The highest BCUT2D eigenvalue weighted by atomic mass is 19.4. The topological polar surface area (TPSA) is 83.3 Å². The van der Waals surface area contributed by atoms with Gasteiger partial charge in [-0.1, -0.05) is 0 Å². The van der Waals surface area contributed by atoms with Gasteiger partial charge in [0.15, 0.2) is 11.5 Å². The van der Waals surface area contributed by atoms with Crippen molar-refractivity contribution >= 4 is 17.2 Å². The summed E-state index contributed by atoms with van der Waals surface area (Å²) in [6.07, 6.45) is -1.42. The summed E-state index contributed by atoms with van der Waals surface area (Å²) >= 11 is 0. The van der Waals surface area contributed by atoms with Crippen LogP contribution in [-0.4, -0.2) is 33.5 Å². The Balaban J connectivity index is 2.42. The van der Waals surface area contributed by atoms with Gasteiger partial charge in [-0.25, -0.2) is 9.50 Å². The summed E-state index contributed by atoms with van der Waals surface area (Å²) in [6.45, 7) is 2.80. The Kier molecular flexibility index (Phi) is 4.01. The Bertz CT molecular complexity index is 648. The molecule has 0 bridgehead atoms. The summed E-state index contributed by atoms with van der Waals surface area (Å²) in [5.74, 6) is 0.411. The predicted molar refractivity (Wildman–Crippen MR) is 72.4 cm³/mol. The second kappa shape index (κ2) is 5.58. The number of nitrogens with zero attached hydrogens (tertiary/aromatic N) is 4. The summed E-state index contributed by atoms with van der Waals surface area (Å²) in [5.41, 5.74) is 4.63. The molecule has 114 valence electrons. The summed E-state index contributed by atoms with van der Waals surface area (Å²) in [5, 5.41) is 10.8. The minimum atomic E-state index is -4.50. The largest absolute Gasteiger partial charge is 0.435 e. The van der Waals surface area contributed by atoms with E-state index in [2.05, 4.69) is 10.1 Å². The zero-order valence-electron chi connectivity index (χ0n) is 11.4. The molecule has 0 aliphatic heterocycles. The highest BCUT2D eigenvalue weighted by Crippen LogP contribution is 2.30. The van der Waals surface area contributed by atoms with Crippen LogP contribution in [-0.2, 0) is 6.18 Å². The molecule has 0 amide bonds. The summed E-state index contributed by atoms with van der Waals surface area (Å²) in [7, 11) is 0. The number of alkyl halides is 3. The molecule has 0 spiro atoms. The molecule has 2 heterocycles. The van der Waals surface area contributed by atoms with Crippen LogP contribution in [0.1, 0.15) is 19.0 Å². The van der Waals surface area contributed by atoms with E-state index in [0.29, 0.717) is 25.3 Å². The monoisotopic (exact) mass is 300 g/mol. The fourth-order valence-corrected chi connectivity index (χ4v) is 1.96. The number of hydrogen-bond acceptors (Lipinski definition) is 4. The van der Waals surface area contributed by atoms with Crippen LogP contribution in [0.3, 0.4) is 0 Å². The maximum atomic E-state index is 12.7. The molecule has 2 rings (SSSR count). The van der Waals surface area contributed by atoms with E-state index in [-0.39, 0.29) is 11.4 Å². The van der Waals surface area contributed by atoms with Gasteiger partial charge in [-0.05, 0) is 6.92 Å². The number of rotatable bonds is 5. The molecule has 0 aliphatic rings. The molecule has 0 aromatic carbocycles. The van der Waals surface area contributed by atoms with Crippen molar-refractivity contribution in [1.82, 2.24) is 14.6 Å². The van der Waals surface area contributed by atoms with Crippen LogP contribution in [0.15, 0.2) is 18.5 Å². The van der Waals surface area contributed by atoms with Crippen LogP contribution < -0.4 is 10.6 Å². The molecule has 0 unspecified atom stereocenters. The van der Waals surface area contributed by atoms with E-state index in [9.17, 15) is 13.2 Å². The molecular formula is C12H15F3N6. The number of aromatic nitrogens is 3. The van der Waals surface area contributed by atoms with Gasteiger partial charge in [0.05, 0.1) is 5.84 Å². The lowest BCUT2D eigenvalue weighted by molar-refractivity contribution is -0.141. The molecule has 9 heteroatoms. The molecule has 0 radical (unpaired) electrons. The zero-order chi connectivity index (χ0) is 15.6. The average Bonchev–Trinajstić information content (AvgIpc) is 2.83. The van der Waals surface area contributed by atoms with Gasteiger partial charge < -0.3 is 10.6 Å². The average molecular weight is 300 g/mol. The van der Waals surface area contributed by atoms with Crippen molar-refractivity contribution in [2.45, 2.75) is 19.5 Å². The molecule has 0 atom stereocenters. The Morgan fingerprint density at radius 2 is 2.19 bits per heavy atom. The number of fused-ring (bicyclic) bond motifs is 1. The fourth-order valence-electron chi connectivity index (χ4n) is 1.96. The molecule has 2 aromatic heterocycles. The Labute approximate surface area is 118 Å². The fraction of sp³-hybridized carbons (Fsp3) is 0.417. The standard InChI is InChI=1S/C12H15F3N6/c1-2-20(5-3-10(16)17)11-8-7-9(12(13,14)15)19-21(8)6-4-18-11/h4,6-7H,2-3,5H2,1H3,(H3,16,17). The van der Waals surface area contributed by atoms with Gasteiger partial charge in [-0.3, -0.25) is 5.41 Å². The molecule has 2 aromatic rings. The minimum absolute atomic E-state index is 0.0184. The Hall–Kier alpha value is -2.32. The molecule has 0 fully saturated rings. The SMILES string of the molecule is CCN(CCC(=N)N)c1nccn2nc(C(F)(F)F)cc12. The quantitative estimate of drug-likeness (QED) is 0.652. The lowest BCUT2D eigenvalue weighted by Gasteiger charge is -2.22. The van der Waals surface area contributed by atoms with Crippen LogP contribution in [0.4, 0.5) is 19.0 Å². The maximum Gasteiger partial charge on any atom is 0.435 e. The molecule has 6 nitrogen and oxygen atoms in total. The van der Waals surface area contributed by atoms with E-state index in [1.54, 1.807) is 4.90 Å². The first-order valence-corrected chi connectivity index (χ1v) is 6.32. The van der Waals surface area contributed by atoms with Crippen molar-refractivity contribution < 1.29 is 13.2 Å². The van der Waals surface area contributed by atoms with Crippen molar-refractivity contribution in [3.63, 3.8) is 0 Å². The van der Waals surface area contributed by atoms with Crippen LogP contribution in [0.5, 0.6) is 0 Å². The van der Waals surface area contributed by atoms with Crippen LogP contribution >= 0.6 is 0 Å². The van der Waals surface area contributed by atoms with Crippen LogP contribution in [0.2, 0.25) is 0 Å². The van der Waals surface area contributed by atoms with E-state index in [1.165, 1.54) is 12.4 Å². The predicted octanol–water partition coefficient (Wildman–Crippen LogP) is 1.90. The van der Waals surface area contributed by atoms with Gasteiger partial charge >= 0.3 is 6.18 Å². The molecule has 0 saturated heterocycles. The van der Waals surface area contributed by atoms with Crippen molar-refractivity contribution in [3.8, 4) is 0 Å². The van der Waals surface area contributed by atoms with Crippen molar-refractivity contribution in [1.29, 1.82) is 5.41 Å². The minimum Gasteiger partial charge on any atom is -0.388 e. The normalized spacial score (nSPS) is 11.8. The maximum absolute atomic E-state index is 12.7. The zero-order valence-corrected chi connectivity index (χ0v) is 11.4. The molecule has 0 saturated carbocycles. The number of anilines is 1. The number of amidine groups is 1. The lowest BCUT2D eigenvalue weighted by atomic mass is 10.3. The number of nitrogens with one attached hydrogen (secondary N) is 1. The number of hydrogen-bond donors (Lipinski definition) is 2. The van der Waals surface area contributed by atoms with Crippen LogP contribution in [0.25, 0.3) is 5.52 Å². The van der Waals surface area contributed by atoms with E-state index in [0.717, 1.165) is 10.6 Å². The van der Waals surface area contributed by atoms with E-state index in [1.807, 2.05) is 6.92 Å². The van der Waals surface area contributed by atoms with E-state index < -0.39 is 11.9 Å². The van der Waals surface area contributed by atoms with Gasteiger partial charge in [0, 0.05) is 38.0 Å². The molecule has 3 N–H and O–H groups in total. The van der Waals surface area contributed by atoms with Gasteiger partial charge in [0.2, 0.25) is 0 Å². The second-order valence-corrected chi connectivity index (χ2v) is 4.46.